The van der Waals surface area contributed by atoms with Gasteiger partial charge in [-0.1, -0.05) is 18.9 Å². The topological polar surface area (TPSA) is 41.9 Å². The van der Waals surface area contributed by atoms with E-state index in [1.54, 1.807) is 14.2 Å². The minimum atomic E-state index is 0.289. The Morgan fingerprint density at radius 1 is 1.14 bits per heavy atom. The van der Waals surface area contributed by atoms with E-state index in [4.69, 9.17) is 9.47 Å². The summed E-state index contributed by atoms with van der Waals surface area (Å²) in [4.78, 5) is 2.56. The lowest BCUT2D eigenvalue weighted by molar-refractivity contribution is 0.160. The van der Waals surface area contributed by atoms with Crippen molar-refractivity contribution in [2.75, 3.05) is 33.9 Å². The normalized spacial score (nSPS) is 19.7. The zero-order valence-electron chi connectivity index (χ0n) is 13.9. The molecule has 1 N–H and O–H groups in total. The van der Waals surface area contributed by atoms with Crippen LogP contribution in [0.25, 0.3) is 0 Å². The maximum absolute atomic E-state index is 9.28. The van der Waals surface area contributed by atoms with Crippen molar-refractivity contribution in [3.63, 3.8) is 0 Å². The number of hydrogen-bond acceptors (Lipinski definition) is 4. The molecule has 0 bridgehead atoms. The molecule has 1 aliphatic rings. The van der Waals surface area contributed by atoms with Crippen molar-refractivity contribution in [3.05, 3.63) is 23.8 Å². The molecule has 1 unspecified atom stereocenters. The zero-order chi connectivity index (χ0) is 15.8. The minimum absolute atomic E-state index is 0.289. The summed E-state index contributed by atoms with van der Waals surface area (Å²) < 4.78 is 10.7. The monoisotopic (exact) mass is 307 g/mol. The quantitative estimate of drug-likeness (QED) is 0.841. The van der Waals surface area contributed by atoms with Crippen LogP contribution in [-0.4, -0.2) is 50.0 Å². The van der Waals surface area contributed by atoms with Crippen LogP contribution in [-0.2, 0) is 6.42 Å². The molecule has 1 aromatic rings. The molecule has 1 saturated heterocycles. The van der Waals surface area contributed by atoms with E-state index >= 15 is 0 Å². The molecule has 1 atom stereocenters. The van der Waals surface area contributed by atoms with Crippen LogP contribution in [0.4, 0.5) is 0 Å². The van der Waals surface area contributed by atoms with Crippen molar-refractivity contribution in [2.24, 2.45) is 0 Å². The first kappa shape index (κ1) is 17.1. The van der Waals surface area contributed by atoms with Crippen molar-refractivity contribution in [1.82, 2.24) is 4.90 Å². The van der Waals surface area contributed by atoms with Crippen LogP contribution in [0.1, 0.15) is 37.7 Å². The van der Waals surface area contributed by atoms with Gasteiger partial charge in [-0.25, -0.2) is 0 Å². The van der Waals surface area contributed by atoms with Gasteiger partial charge in [-0.05, 0) is 49.9 Å². The van der Waals surface area contributed by atoms with Gasteiger partial charge in [0, 0.05) is 19.2 Å². The Bertz CT molecular complexity index is 450. The highest BCUT2D eigenvalue weighted by Crippen LogP contribution is 2.28. The van der Waals surface area contributed by atoms with Gasteiger partial charge in [0.15, 0.2) is 11.5 Å². The summed E-state index contributed by atoms with van der Waals surface area (Å²) in [5, 5.41) is 9.28. The second-order valence-electron chi connectivity index (χ2n) is 5.99. The minimum Gasteiger partial charge on any atom is -0.493 e. The Kier molecular flexibility index (Phi) is 7.00. The molecule has 0 radical (unpaired) electrons. The Morgan fingerprint density at radius 3 is 2.68 bits per heavy atom. The van der Waals surface area contributed by atoms with Gasteiger partial charge in [-0.2, -0.15) is 0 Å². The Hall–Kier alpha value is -1.26. The van der Waals surface area contributed by atoms with Crippen LogP contribution in [0.15, 0.2) is 18.2 Å². The van der Waals surface area contributed by atoms with Crippen LogP contribution < -0.4 is 9.47 Å². The molecule has 0 aliphatic carbocycles. The van der Waals surface area contributed by atoms with E-state index < -0.39 is 0 Å². The summed E-state index contributed by atoms with van der Waals surface area (Å²) in [6, 6.07) is 6.69. The van der Waals surface area contributed by atoms with E-state index in [9.17, 15) is 5.11 Å². The van der Waals surface area contributed by atoms with E-state index in [-0.39, 0.29) is 6.61 Å². The Balaban J connectivity index is 1.97. The van der Waals surface area contributed by atoms with Gasteiger partial charge in [0.25, 0.3) is 0 Å². The fourth-order valence-electron chi connectivity index (χ4n) is 3.32. The van der Waals surface area contributed by atoms with E-state index in [0.29, 0.717) is 6.04 Å². The fourth-order valence-corrected chi connectivity index (χ4v) is 3.32. The van der Waals surface area contributed by atoms with Gasteiger partial charge in [-0.3, -0.25) is 4.90 Å². The molecule has 4 nitrogen and oxygen atoms in total. The average molecular weight is 307 g/mol. The maximum atomic E-state index is 9.28. The van der Waals surface area contributed by atoms with Crippen LogP contribution in [0.5, 0.6) is 11.5 Å². The number of nitrogens with zero attached hydrogens (tertiary/aromatic N) is 1. The zero-order valence-corrected chi connectivity index (χ0v) is 13.9. The molecule has 0 amide bonds. The number of aliphatic hydroxyl groups is 1. The molecule has 0 spiro atoms. The van der Waals surface area contributed by atoms with Gasteiger partial charge >= 0.3 is 0 Å². The molecule has 1 aliphatic heterocycles. The SMILES string of the molecule is COc1ccc(CCN2CCCCCC2CCO)cc1OC. The maximum Gasteiger partial charge on any atom is 0.160 e. The molecule has 22 heavy (non-hydrogen) atoms. The van der Waals surface area contributed by atoms with Crippen molar-refractivity contribution >= 4 is 0 Å². The number of methoxy groups -OCH3 is 2. The predicted octanol–water partition coefficient (Wildman–Crippen LogP) is 2.87. The van der Waals surface area contributed by atoms with Gasteiger partial charge in [0.2, 0.25) is 0 Å². The van der Waals surface area contributed by atoms with Gasteiger partial charge in [0.1, 0.15) is 0 Å². The fraction of sp³-hybridized carbons (Fsp3) is 0.667. The molecule has 2 rings (SSSR count). The number of rotatable bonds is 7. The highest BCUT2D eigenvalue weighted by Gasteiger charge is 2.20. The first-order valence-electron chi connectivity index (χ1n) is 8.34. The van der Waals surface area contributed by atoms with Crippen molar-refractivity contribution in [2.45, 2.75) is 44.6 Å². The van der Waals surface area contributed by atoms with Crippen molar-refractivity contribution < 1.29 is 14.6 Å². The molecule has 1 aromatic carbocycles. The summed E-state index contributed by atoms with van der Waals surface area (Å²) in [6.07, 6.45) is 6.99. The van der Waals surface area contributed by atoms with Crippen LogP contribution in [0.2, 0.25) is 0 Å². The molecule has 0 saturated carbocycles. The number of likely N-dealkylation sites (tertiary alicyclic amines) is 1. The second-order valence-corrected chi connectivity index (χ2v) is 5.99. The largest absolute Gasteiger partial charge is 0.493 e. The number of benzene rings is 1. The van der Waals surface area contributed by atoms with E-state index in [1.165, 1.54) is 31.2 Å². The molecule has 1 heterocycles. The van der Waals surface area contributed by atoms with Crippen LogP contribution in [0.3, 0.4) is 0 Å². The molecule has 1 fully saturated rings. The van der Waals surface area contributed by atoms with Crippen LogP contribution in [0, 0.1) is 0 Å². The van der Waals surface area contributed by atoms with Crippen molar-refractivity contribution in [1.29, 1.82) is 0 Å². The van der Waals surface area contributed by atoms with E-state index in [0.717, 1.165) is 37.4 Å². The summed E-state index contributed by atoms with van der Waals surface area (Å²) >= 11 is 0. The standard InChI is InChI=1S/C18H29NO3/c1-21-17-8-7-15(14-18(17)22-2)9-12-19-11-5-3-4-6-16(19)10-13-20/h7-8,14,16,20H,3-6,9-13H2,1-2H3. The lowest BCUT2D eigenvalue weighted by Gasteiger charge is -2.29. The number of hydrogen-bond donors (Lipinski definition) is 1. The van der Waals surface area contributed by atoms with Gasteiger partial charge in [-0.15, -0.1) is 0 Å². The second kappa shape index (κ2) is 9.01. The third-order valence-electron chi connectivity index (χ3n) is 4.60. The lowest BCUT2D eigenvalue weighted by Crippen LogP contribution is -2.37. The van der Waals surface area contributed by atoms with E-state index in [1.807, 2.05) is 6.07 Å². The Morgan fingerprint density at radius 2 is 1.95 bits per heavy atom. The molecule has 4 heteroatoms. The van der Waals surface area contributed by atoms with E-state index in [2.05, 4.69) is 17.0 Å². The smallest absolute Gasteiger partial charge is 0.160 e. The molecular formula is C18H29NO3. The Labute approximate surface area is 134 Å². The number of ether oxygens (including phenoxy) is 2. The first-order valence-corrected chi connectivity index (χ1v) is 8.34. The summed E-state index contributed by atoms with van der Waals surface area (Å²) in [6.45, 7) is 2.48. The average Bonchev–Trinajstić information content (AvgIpc) is 2.78. The lowest BCUT2D eigenvalue weighted by atomic mass is 10.1. The van der Waals surface area contributed by atoms with Gasteiger partial charge < -0.3 is 14.6 Å². The predicted molar refractivity (Wildman–Crippen MR) is 88.8 cm³/mol. The molecule has 0 aromatic heterocycles. The third kappa shape index (κ3) is 4.62. The van der Waals surface area contributed by atoms with Crippen LogP contribution >= 0.6 is 0 Å². The highest BCUT2D eigenvalue weighted by atomic mass is 16.5. The third-order valence-corrected chi connectivity index (χ3v) is 4.60. The highest BCUT2D eigenvalue weighted by molar-refractivity contribution is 5.42. The first-order chi connectivity index (χ1) is 10.8. The molecule has 124 valence electrons. The summed E-state index contributed by atoms with van der Waals surface area (Å²) in [5.41, 5.74) is 1.27. The number of aliphatic hydroxyl groups excluding tert-OH is 1. The summed E-state index contributed by atoms with van der Waals surface area (Å²) in [5.74, 6) is 1.57. The summed E-state index contributed by atoms with van der Waals surface area (Å²) in [7, 11) is 3.34. The van der Waals surface area contributed by atoms with Crippen molar-refractivity contribution in [3.8, 4) is 11.5 Å². The molecular weight excluding hydrogens is 278 g/mol. The van der Waals surface area contributed by atoms with Gasteiger partial charge in [0.05, 0.1) is 14.2 Å².